The molecule has 0 radical (unpaired) electrons. The Morgan fingerprint density at radius 1 is 1.20 bits per heavy atom. The zero-order valence-electron chi connectivity index (χ0n) is 16.7. The lowest BCUT2D eigenvalue weighted by molar-refractivity contribution is 0.322. The van der Waals surface area contributed by atoms with E-state index in [0.717, 1.165) is 35.1 Å². The van der Waals surface area contributed by atoms with E-state index in [1.54, 1.807) is 22.8 Å². The molecule has 3 aromatic rings. The molecule has 2 aromatic heterocycles. The molecule has 2 aliphatic heterocycles. The maximum Gasteiger partial charge on any atom is 0.242 e. The molecule has 0 amide bonds. The summed E-state index contributed by atoms with van der Waals surface area (Å²) in [6, 6.07) is 8.53. The van der Waals surface area contributed by atoms with Crippen LogP contribution in [-0.2, 0) is 10.0 Å². The smallest absolute Gasteiger partial charge is 0.242 e. The number of anilines is 1. The molecule has 156 valence electrons. The van der Waals surface area contributed by atoms with Gasteiger partial charge in [-0.1, -0.05) is 0 Å². The number of hydrogen-bond donors (Lipinski definition) is 1. The van der Waals surface area contributed by atoms with Crippen LogP contribution >= 0.6 is 0 Å². The predicted molar refractivity (Wildman–Crippen MR) is 115 cm³/mol. The summed E-state index contributed by atoms with van der Waals surface area (Å²) in [6.45, 7) is 3.16. The van der Waals surface area contributed by atoms with Crippen LogP contribution in [0.25, 0.3) is 11.0 Å². The van der Waals surface area contributed by atoms with Gasteiger partial charge in [0.1, 0.15) is 11.5 Å². The van der Waals surface area contributed by atoms with E-state index in [2.05, 4.69) is 16.0 Å². The van der Waals surface area contributed by atoms with E-state index in [4.69, 9.17) is 0 Å². The van der Waals surface area contributed by atoms with Crippen molar-refractivity contribution in [3.8, 4) is 0 Å². The molecule has 0 saturated carbocycles. The van der Waals surface area contributed by atoms with Gasteiger partial charge in [0.25, 0.3) is 0 Å². The number of nitrogens with one attached hydrogen (secondary N) is 1. The van der Waals surface area contributed by atoms with Gasteiger partial charge in [-0.25, -0.2) is 17.8 Å². The summed E-state index contributed by atoms with van der Waals surface area (Å²) in [4.78, 5) is 9.82. The summed E-state index contributed by atoms with van der Waals surface area (Å²) in [7, 11) is -3.46. The molecule has 1 saturated heterocycles. The van der Waals surface area contributed by atoms with Crippen LogP contribution in [0.4, 0.5) is 10.1 Å². The van der Waals surface area contributed by atoms with Gasteiger partial charge < -0.3 is 9.88 Å². The fourth-order valence-corrected chi connectivity index (χ4v) is 6.03. The average Bonchev–Trinajstić information content (AvgIpc) is 3.12. The lowest BCUT2D eigenvalue weighted by Crippen LogP contribution is -2.44. The van der Waals surface area contributed by atoms with E-state index in [9.17, 15) is 12.8 Å². The van der Waals surface area contributed by atoms with Crippen molar-refractivity contribution in [2.24, 2.45) is 0 Å². The van der Waals surface area contributed by atoms with Crippen LogP contribution in [-0.4, -0.2) is 42.3 Å². The second kappa shape index (κ2) is 7.21. The van der Waals surface area contributed by atoms with E-state index in [0.29, 0.717) is 30.5 Å². The van der Waals surface area contributed by atoms with Crippen molar-refractivity contribution in [1.82, 2.24) is 14.3 Å². The first-order chi connectivity index (χ1) is 14.4. The second-order valence-corrected chi connectivity index (χ2v) is 9.97. The Morgan fingerprint density at radius 3 is 2.70 bits per heavy atom. The number of nitrogens with zero attached hydrogens (tertiary/aromatic N) is 3. The van der Waals surface area contributed by atoms with Crippen LogP contribution in [0.1, 0.15) is 29.9 Å². The fourth-order valence-electron chi connectivity index (χ4n) is 4.45. The third kappa shape index (κ3) is 3.20. The molecule has 30 heavy (non-hydrogen) atoms. The van der Waals surface area contributed by atoms with Crippen molar-refractivity contribution in [3.05, 3.63) is 70.8 Å². The number of halogens is 1. The molecule has 0 unspecified atom stereocenters. The first-order valence-corrected chi connectivity index (χ1v) is 11.5. The van der Waals surface area contributed by atoms with Gasteiger partial charge >= 0.3 is 0 Å². The number of H-pyrrole nitrogens is 1. The van der Waals surface area contributed by atoms with Gasteiger partial charge in [-0.2, -0.15) is 4.31 Å². The minimum Gasteiger partial charge on any atom is -0.346 e. The minimum atomic E-state index is -3.46. The van der Waals surface area contributed by atoms with Gasteiger partial charge in [0.2, 0.25) is 10.0 Å². The molecule has 0 atom stereocenters. The molecule has 1 N–H and O–H groups in total. The molecule has 2 aliphatic rings. The molecule has 1 fully saturated rings. The maximum absolute atomic E-state index is 13.3. The number of piperidine rings is 1. The molecule has 4 heterocycles. The monoisotopic (exact) mass is 426 g/mol. The number of hydrogen-bond acceptors (Lipinski definition) is 4. The highest BCUT2D eigenvalue weighted by atomic mass is 32.2. The maximum atomic E-state index is 13.3. The van der Waals surface area contributed by atoms with Crippen LogP contribution in [0, 0.1) is 12.7 Å². The second-order valence-electron chi connectivity index (χ2n) is 7.98. The highest BCUT2D eigenvalue weighted by molar-refractivity contribution is 7.93. The van der Waals surface area contributed by atoms with Crippen molar-refractivity contribution >= 4 is 26.7 Å². The molecule has 6 nitrogen and oxygen atoms in total. The fraction of sp³-hybridized carbons (Fsp3) is 0.318. The summed E-state index contributed by atoms with van der Waals surface area (Å²) in [6.07, 6.45) is 7.00. The van der Waals surface area contributed by atoms with E-state index in [1.807, 2.05) is 24.1 Å². The Bertz CT molecular complexity index is 1240. The third-order valence-corrected chi connectivity index (χ3v) is 8.08. The van der Waals surface area contributed by atoms with E-state index < -0.39 is 10.0 Å². The van der Waals surface area contributed by atoms with Gasteiger partial charge in [0, 0.05) is 42.8 Å². The first kappa shape index (κ1) is 19.3. The number of aromatic amines is 1. The minimum absolute atomic E-state index is 0.289. The summed E-state index contributed by atoms with van der Waals surface area (Å²) >= 11 is 0. The van der Waals surface area contributed by atoms with Crippen molar-refractivity contribution in [1.29, 1.82) is 0 Å². The Kier molecular flexibility index (Phi) is 4.63. The molecule has 0 spiro atoms. The summed E-state index contributed by atoms with van der Waals surface area (Å²) in [5.41, 5.74) is 3.72. The quantitative estimate of drug-likeness (QED) is 0.687. The van der Waals surface area contributed by atoms with Gasteiger partial charge in [0.05, 0.1) is 11.4 Å². The summed E-state index contributed by atoms with van der Waals surface area (Å²) in [5.74, 6) is 0.0329. The standard InChI is InChI=1S/C22H23FN4O2S/c1-15-11-17(23)4-5-21(15)26-13-18(14-26)30(28,29)27-9-6-16(7-10-27)20-12-25-22-19(20)3-2-8-24-22/h2-5,8,11-13,16H,6-7,9-10,14H2,1H3,(H,24,25). The number of aromatic nitrogens is 2. The molecule has 1 aromatic carbocycles. The molecular formula is C22H23FN4O2S. The van der Waals surface area contributed by atoms with Crippen LogP contribution in [0.2, 0.25) is 0 Å². The van der Waals surface area contributed by atoms with E-state index in [1.165, 1.54) is 17.7 Å². The van der Waals surface area contributed by atoms with Crippen LogP contribution in [0.5, 0.6) is 0 Å². The normalized spacial score (nSPS) is 18.5. The lowest BCUT2D eigenvalue weighted by atomic mass is 9.90. The van der Waals surface area contributed by atoms with Gasteiger partial charge in [0.15, 0.2) is 0 Å². The third-order valence-electron chi connectivity index (χ3n) is 6.14. The van der Waals surface area contributed by atoms with Crippen LogP contribution in [0.3, 0.4) is 0 Å². The van der Waals surface area contributed by atoms with Crippen molar-refractivity contribution in [3.63, 3.8) is 0 Å². The molecule has 5 rings (SSSR count). The van der Waals surface area contributed by atoms with Gasteiger partial charge in [-0.05, 0) is 67.1 Å². The van der Waals surface area contributed by atoms with Crippen LogP contribution < -0.4 is 4.90 Å². The lowest BCUT2D eigenvalue weighted by Gasteiger charge is -2.37. The van der Waals surface area contributed by atoms with Gasteiger partial charge in [-0.3, -0.25) is 0 Å². The molecule has 8 heteroatoms. The average molecular weight is 427 g/mol. The van der Waals surface area contributed by atoms with Crippen molar-refractivity contribution < 1.29 is 12.8 Å². The summed E-state index contributed by atoms with van der Waals surface area (Å²) < 4.78 is 41.0. The van der Waals surface area contributed by atoms with Crippen LogP contribution in [0.15, 0.2) is 53.8 Å². The highest BCUT2D eigenvalue weighted by Crippen LogP contribution is 2.36. The molecular weight excluding hydrogens is 403 g/mol. The molecule has 0 bridgehead atoms. The van der Waals surface area contributed by atoms with Crippen molar-refractivity contribution in [2.75, 3.05) is 24.5 Å². The predicted octanol–water partition coefficient (Wildman–Crippen LogP) is 3.88. The number of sulfonamides is 1. The number of rotatable bonds is 4. The largest absolute Gasteiger partial charge is 0.346 e. The van der Waals surface area contributed by atoms with Gasteiger partial charge in [-0.15, -0.1) is 0 Å². The topological polar surface area (TPSA) is 69.3 Å². The summed E-state index contributed by atoms with van der Waals surface area (Å²) in [5, 5.41) is 1.12. The SMILES string of the molecule is Cc1cc(F)ccc1N1C=C(S(=O)(=O)N2CCC(c3c[nH]c4ncccc34)CC2)C1. The first-order valence-electron chi connectivity index (χ1n) is 10.1. The number of benzene rings is 1. The number of pyridine rings is 1. The Labute approximate surface area is 175 Å². The molecule has 0 aliphatic carbocycles. The van der Waals surface area contributed by atoms with E-state index in [-0.39, 0.29) is 5.82 Å². The Morgan fingerprint density at radius 2 is 1.97 bits per heavy atom. The number of fused-ring (bicyclic) bond motifs is 1. The van der Waals surface area contributed by atoms with Crippen molar-refractivity contribution in [2.45, 2.75) is 25.7 Å². The Hall–Kier alpha value is -2.71. The Balaban J connectivity index is 1.28. The van der Waals surface area contributed by atoms with E-state index >= 15 is 0 Å². The number of aryl methyl sites for hydroxylation is 1. The zero-order valence-corrected chi connectivity index (χ0v) is 17.5. The zero-order chi connectivity index (χ0) is 20.9. The highest BCUT2D eigenvalue weighted by Gasteiger charge is 2.36.